The number of rotatable bonds is 12. The molecule has 0 aliphatic rings. The molecular weight excluding hydrogens is 412 g/mol. The van der Waals surface area contributed by atoms with Crippen LogP contribution in [0.4, 0.5) is 0 Å². The minimum atomic E-state index is -0.518. The standard InChI is InChI=1S/C25H28O7/c1-4-18(3)31-24(27)19-10-14-22(15-11-19)32-25(28)20-8-12-21(13-9-20)29-16-6-7-17-30-23(26)5-2/h5,8-15,18H,2,4,6-7,16-17H2,1,3H3. The van der Waals surface area contributed by atoms with Crippen LogP contribution in [0.25, 0.3) is 0 Å². The van der Waals surface area contributed by atoms with Gasteiger partial charge in [0.25, 0.3) is 0 Å². The Morgan fingerprint density at radius 2 is 1.44 bits per heavy atom. The summed E-state index contributed by atoms with van der Waals surface area (Å²) in [6.07, 6.45) is 3.10. The van der Waals surface area contributed by atoms with Crippen molar-refractivity contribution in [2.24, 2.45) is 0 Å². The van der Waals surface area contributed by atoms with Crippen LogP contribution in [0.2, 0.25) is 0 Å². The summed E-state index contributed by atoms with van der Waals surface area (Å²) in [5.41, 5.74) is 0.763. The van der Waals surface area contributed by atoms with Crippen molar-refractivity contribution >= 4 is 17.9 Å². The van der Waals surface area contributed by atoms with Gasteiger partial charge in [0.15, 0.2) is 0 Å². The lowest BCUT2D eigenvalue weighted by atomic mass is 10.2. The molecule has 2 aromatic carbocycles. The minimum Gasteiger partial charge on any atom is -0.494 e. The van der Waals surface area contributed by atoms with Gasteiger partial charge in [0, 0.05) is 6.08 Å². The van der Waals surface area contributed by atoms with Crippen LogP contribution in [-0.2, 0) is 14.3 Å². The SMILES string of the molecule is C=CC(=O)OCCCCOc1ccc(C(=O)Oc2ccc(C(=O)OC(C)CC)cc2)cc1. The molecule has 1 unspecified atom stereocenters. The van der Waals surface area contributed by atoms with Gasteiger partial charge in [-0.05, 0) is 74.7 Å². The molecule has 2 rings (SSSR count). The Hall–Kier alpha value is -3.61. The second kappa shape index (κ2) is 12.9. The maximum Gasteiger partial charge on any atom is 0.343 e. The van der Waals surface area contributed by atoms with E-state index in [2.05, 4.69) is 6.58 Å². The minimum absolute atomic E-state index is 0.158. The average molecular weight is 440 g/mol. The van der Waals surface area contributed by atoms with Crippen LogP contribution in [0.15, 0.2) is 61.2 Å². The fourth-order valence-corrected chi connectivity index (χ4v) is 2.47. The first kappa shape index (κ1) is 24.7. The van der Waals surface area contributed by atoms with Crippen LogP contribution in [0.1, 0.15) is 53.8 Å². The van der Waals surface area contributed by atoms with Crippen molar-refractivity contribution in [3.63, 3.8) is 0 Å². The molecule has 0 aliphatic heterocycles. The van der Waals surface area contributed by atoms with Gasteiger partial charge in [-0.15, -0.1) is 0 Å². The van der Waals surface area contributed by atoms with Crippen molar-refractivity contribution < 1.29 is 33.3 Å². The van der Waals surface area contributed by atoms with Crippen LogP contribution in [0.5, 0.6) is 11.5 Å². The van der Waals surface area contributed by atoms with Crippen LogP contribution >= 0.6 is 0 Å². The molecule has 7 nitrogen and oxygen atoms in total. The lowest BCUT2D eigenvalue weighted by Crippen LogP contribution is -2.14. The molecule has 0 N–H and O–H groups in total. The summed E-state index contributed by atoms with van der Waals surface area (Å²) < 4.78 is 21.1. The zero-order valence-corrected chi connectivity index (χ0v) is 18.4. The Kier molecular flexibility index (Phi) is 9.97. The number of hydrogen-bond donors (Lipinski definition) is 0. The molecule has 0 aliphatic carbocycles. The lowest BCUT2D eigenvalue weighted by molar-refractivity contribution is -0.137. The molecule has 0 saturated carbocycles. The van der Waals surface area contributed by atoms with Gasteiger partial charge in [0.2, 0.25) is 0 Å². The molecule has 0 radical (unpaired) electrons. The van der Waals surface area contributed by atoms with Crippen LogP contribution in [0.3, 0.4) is 0 Å². The number of carbonyl (C=O) groups excluding carboxylic acids is 3. The summed E-state index contributed by atoms with van der Waals surface area (Å²) in [6, 6.07) is 12.8. The summed E-state index contributed by atoms with van der Waals surface area (Å²) >= 11 is 0. The average Bonchev–Trinajstić information content (AvgIpc) is 2.81. The maximum absolute atomic E-state index is 12.3. The molecule has 0 bridgehead atoms. The monoisotopic (exact) mass is 440 g/mol. The maximum atomic E-state index is 12.3. The summed E-state index contributed by atoms with van der Waals surface area (Å²) in [4.78, 5) is 35.3. The zero-order chi connectivity index (χ0) is 23.3. The first-order valence-electron chi connectivity index (χ1n) is 10.5. The number of carbonyl (C=O) groups is 3. The molecule has 32 heavy (non-hydrogen) atoms. The molecule has 0 heterocycles. The molecule has 2 aromatic rings. The van der Waals surface area contributed by atoms with Gasteiger partial charge in [-0.1, -0.05) is 13.5 Å². The van der Waals surface area contributed by atoms with Crippen molar-refractivity contribution in [2.75, 3.05) is 13.2 Å². The summed E-state index contributed by atoms with van der Waals surface area (Å²) in [6.45, 7) is 7.87. The van der Waals surface area contributed by atoms with Gasteiger partial charge in [0.05, 0.1) is 30.4 Å². The first-order chi connectivity index (χ1) is 15.4. The Morgan fingerprint density at radius 3 is 2.03 bits per heavy atom. The number of esters is 3. The van der Waals surface area contributed by atoms with Gasteiger partial charge in [0.1, 0.15) is 11.5 Å². The fraction of sp³-hybridized carbons (Fsp3) is 0.320. The van der Waals surface area contributed by atoms with Gasteiger partial charge in [-0.3, -0.25) is 0 Å². The third-order valence-corrected chi connectivity index (χ3v) is 4.49. The molecule has 0 spiro atoms. The molecule has 0 fully saturated rings. The van der Waals surface area contributed by atoms with Crippen LogP contribution < -0.4 is 9.47 Å². The zero-order valence-electron chi connectivity index (χ0n) is 18.4. The highest BCUT2D eigenvalue weighted by Gasteiger charge is 2.13. The second-order valence-corrected chi connectivity index (χ2v) is 6.99. The molecule has 0 amide bonds. The van der Waals surface area contributed by atoms with Gasteiger partial charge >= 0.3 is 17.9 Å². The Morgan fingerprint density at radius 1 is 0.875 bits per heavy atom. The smallest absolute Gasteiger partial charge is 0.343 e. The largest absolute Gasteiger partial charge is 0.494 e. The second-order valence-electron chi connectivity index (χ2n) is 6.99. The molecule has 1 atom stereocenters. The fourth-order valence-electron chi connectivity index (χ4n) is 2.47. The predicted molar refractivity (Wildman–Crippen MR) is 119 cm³/mol. The van der Waals surface area contributed by atoms with E-state index in [0.29, 0.717) is 42.3 Å². The highest BCUT2D eigenvalue weighted by atomic mass is 16.5. The Labute approximate surface area is 187 Å². The lowest BCUT2D eigenvalue weighted by Gasteiger charge is -2.11. The summed E-state index contributed by atoms with van der Waals surface area (Å²) in [5, 5.41) is 0. The van der Waals surface area contributed by atoms with E-state index in [0.717, 1.165) is 18.9 Å². The van der Waals surface area contributed by atoms with E-state index in [4.69, 9.17) is 18.9 Å². The molecule has 7 heteroatoms. The molecule has 170 valence electrons. The van der Waals surface area contributed by atoms with E-state index >= 15 is 0 Å². The predicted octanol–water partition coefficient (Wildman–Crippen LogP) is 4.75. The number of ether oxygens (including phenoxy) is 4. The van der Waals surface area contributed by atoms with Crippen LogP contribution in [0, 0.1) is 0 Å². The number of unbranched alkanes of at least 4 members (excludes halogenated alkanes) is 1. The number of hydrogen-bond acceptors (Lipinski definition) is 7. The highest BCUT2D eigenvalue weighted by molar-refractivity contribution is 5.92. The van der Waals surface area contributed by atoms with Crippen molar-refractivity contribution in [3.8, 4) is 11.5 Å². The van der Waals surface area contributed by atoms with Crippen molar-refractivity contribution in [3.05, 3.63) is 72.3 Å². The Bertz CT molecular complexity index is 901. The van der Waals surface area contributed by atoms with E-state index in [1.165, 1.54) is 0 Å². The quantitative estimate of drug-likeness (QED) is 0.204. The molecule has 0 saturated heterocycles. The van der Waals surface area contributed by atoms with Gasteiger partial charge in [-0.25, -0.2) is 14.4 Å². The highest BCUT2D eigenvalue weighted by Crippen LogP contribution is 2.18. The van der Waals surface area contributed by atoms with Gasteiger partial charge in [-0.2, -0.15) is 0 Å². The normalized spacial score (nSPS) is 11.2. The van der Waals surface area contributed by atoms with Crippen molar-refractivity contribution in [2.45, 2.75) is 39.2 Å². The van der Waals surface area contributed by atoms with Crippen molar-refractivity contribution in [1.82, 2.24) is 0 Å². The number of benzene rings is 2. The van der Waals surface area contributed by atoms with E-state index in [1.54, 1.807) is 48.5 Å². The molecule has 0 aromatic heterocycles. The van der Waals surface area contributed by atoms with E-state index < -0.39 is 17.9 Å². The van der Waals surface area contributed by atoms with E-state index in [9.17, 15) is 14.4 Å². The summed E-state index contributed by atoms with van der Waals surface area (Å²) in [5.74, 6) is -0.420. The molecular formula is C25H28O7. The van der Waals surface area contributed by atoms with Gasteiger partial charge < -0.3 is 18.9 Å². The first-order valence-corrected chi connectivity index (χ1v) is 10.5. The third-order valence-electron chi connectivity index (χ3n) is 4.49. The van der Waals surface area contributed by atoms with E-state index in [-0.39, 0.29) is 6.10 Å². The van der Waals surface area contributed by atoms with Crippen LogP contribution in [-0.4, -0.2) is 37.2 Å². The van der Waals surface area contributed by atoms with E-state index in [1.807, 2.05) is 13.8 Å². The topological polar surface area (TPSA) is 88.1 Å². The third kappa shape index (κ3) is 8.26. The van der Waals surface area contributed by atoms with Crippen molar-refractivity contribution in [1.29, 1.82) is 0 Å². The summed E-state index contributed by atoms with van der Waals surface area (Å²) in [7, 11) is 0. The Balaban J connectivity index is 1.78.